The number of amides is 1. The number of methoxy groups -OCH3 is 1. The number of aryl methyl sites for hydroxylation is 1. The van der Waals surface area contributed by atoms with Crippen molar-refractivity contribution in [2.45, 2.75) is 26.2 Å². The number of hydrogen-bond donors (Lipinski definition) is 1. The van der Waals surface area contributed by atoms with Crippen LogP contribution in [-0.4, -0.2) is 53.5 Å². The fourth-order valence-electron chi connectivity index (χ4n) is 2.26. The molecule has 21 heavy (non-hydrogen) atoms. The zero-order chi connectivity index (χ0) is 15.2. The van der Waals surface area contributed by atoms with E-state index in [1.54, 1.807) is 13.0 Å². The highest BCUT2D eigenvalue weighted by Crippen LogP contribution is 2.10. The fraction of sp³-hybridized carbons (Fsp3) is 0.571. The van der Waals surface area contributed by atoms with E-state index < -0.39 is 5.97 Å². The van der Waals surface area contributed by atoms with E-state index in [4.69, 9.17) is 0 Å². The summed E-state index contributed by atoms with van der Waals surface area (Å²) in [5.41, 5.74) is 0.637. The second-order valence-corrected chi connectivity index (χ2v) is 5.00. The Morgan fingerprint density at radius 1 is 1.29 bits per heavy atom. The number of ether oxygens (including phenoxy) is 1. The van der Waals surface area contributed by atoms with E-state index in [0.717, 1.165) is 25.9 Å². The van der Waals surface area contributed by atoms with Crippen molar-refractivity contribution in [1.82, 2.24) is 14.9 Å². The van der Waals surface area contributed by atoms with Crippen molar-refractivity contribution >= 4 is 17.7 Å². The van der Waals surface area contributed by atoms with Gasteiger partial charge < -0.3 is 15.0 Å². The Bertz CT molecular complexity index is 527. The Labute approximate surface area is 123 Å². The van der Waals surface area contributed by atoms with Crippen LogP contribution in [0, 0.1) is 6.92 Å². The second-order valence-electron chi connectivity index (χ2n) is 5.00. The van der Waals surface area contributed by atoms with Crippen LogP contribution in [-0.2, 0) is 9.53 Å². The maximum absolute atomic E-state index is 12.1. The average molecular weight is 292 g/mol. The molecule has 1 aliphatic heterocycles. The smallest absolute Gasteiger partial charge is 0.376 e. The third-order valence-corrected chi connectivity index (χ3v) is 3.35. The van der Waals surface area contributed by atoms with Gasteiger partial charge in [0.2, 0.25) is 11.7 Å². The quantitative estimate of drug-likeness (QED) is 0.833. The van der Waals surface area contributed by atoms with E-state index >= 15 is 0 Å². The molecule has 0 saturated carbocycles. The second kappa shape index (κ2) is 7.01. The maximum Gasteiger partial charge on any atom is 0.376 e. The molecule has 0 atom stereocenters. The molecule has 7 heteroatoms. The molecule has 2 heterocycles. The SMILES string of the molecule is COC(=O)c1nc(C)cc(NCC(=O)N2CCCCC2)n1. The van der Waals surface area contributed by atoms with Gasteiger partial charge in [0.15, 0.2) is 0 Å². The highest BCUT2D eigenvalue weighted by Gasteiger charge is 2.17. The summed E-state index contributed by atoms with van der Waals surface area (Å²) in [5.74, 6) is -0.103. The van der Waals surface area contributed by atoms with Crippen LogP contribution in [0.1, 0.15) is 35.6 Å². The maximum atomic E-state index is 12.1. The first-order valence-corrected chi connectivity index (χ1v) is 7.06. The van der Waals surface area contributed by atoms with Crippen molar-refractivity contribution in [3.8, 4) is 0 Å². The topological polar surface area (TPSA) is 84.4 Å². The predicted molar refractivity (Wildman–Crippen MR) is 77.0 cm³/mol. The van der Waals surface area contributed by atoms with Crippen LogP contribution < -0.4 is 5.32 Å². The molecule has 0 aliphatic carbocycles. The molecular formula is C14H20N4O3. The summed E-state index contributed by atoms with van der Waals surface area (Å²) in [6, 6.07) is 1.69. The Hall–Kier alpha value is -2.18. The summed E-state index contributed by atoms with van der Waals surface area (Å²) in [6.07, 6.45) is 3.31. The number of nitrogens with one attached hydrogen (secondary N) is 1. The van der Waals surface area contributed by atoms with Crippen molar-refractivity contribution in [1.29, 1.82) is 0 Å². The lowest BCUT2D eigenvalue weighted by atomic mass is 10.1. The van der Waals surface area contributed by atoms with Gasteiger partial charge in [0, 0.05) is 24.8 Å². The van der Waals surface area contributed by atoms with Crippen LogP contribution in [0.5, 0.6) is 0 Å². The van der Waals surface area contributed by atoms with Crippen LogP contribution in [0.15, 0.2) is 6.07 Å². The van der Waals surface area contributed by atoms with E-state index in [1.165, 1.54) is 13.5 Å². The number of aromatic nitrogens is 2. The number of rotatable bonds is 4. The number of anilines is 1. The number of carbonyl (C=O) groups is 2. The van der Waals surface area contributed by atoms with E-state index in [-0.39, 0.29) is 18.3 Å². The zero-order valence-corrected chi connectivity index (χ0v) is 12.4. The standard InChI is InChI=1S/C14H20N4O3/c1-10-8-11(17-13(16-10)14(20)21-2)15-9-12(19)18-6-4-3-5-7-18/h8H,3-7,9H2,1-2H3,(H,15,16,17). The molecule has 1 saturated heterocycles. The first-order valence-electron chi connectivity index (χ1n) is 7.06. The molecule has 1 N–H and O–H groups in total. The normalized spacial score (nSPS) is 14.7. The molecule has 0 spiro atoms. The number of likely N-dealkylation sites (tertiary alicyclic amines) is 1. The summed E-state index contributed by atoms with van der Waals surface area (Å²) >= 11 is 0. The van der Waals surface area contributed by atoms with Gasteiger partial charge >= 0.3 is 5.97 Å². The number of piperidine rings is 1. The fourth-order valence-corrected chi connectivity index (χ4v) is 2.26. The van der Waals surface area contributed by atoms with E-state index in [2.05, 4.69) is 20.0 Å². The minimum atomic E-state index is -0.593. The van der Waals surface area contributed by atoms with Gasteiger partial charge in [0.05, 0.1) is 13.7 Å². The third-order valence-electron chi connectivity index (χ3n) is 3.35. The number of hydrogen-bond acceptors (Lipinski definition) is 6. The van der Waals surface area contributed by atoms with Crippen molar-refractivity contribution in [2.24, 2.45) is 0 Å². The minimum absolute atomic E-state index is 0.00887. The van der Waals surface area contributed by atoms with Gasteiger partial charge in [-0.3, -0.25) is 4.79 Å². The molecule has 0 unspecified atom stereocenters. The number of nitrogens with zero attached hydrogens (tertiary/aromatic N) is 3. The first-order chi connectivity index (χ1) is 10.1. The summed E-state index contributed by atoms with van der Waals surface area (Å²) in [6.45, 7) is 3.55. The lowest BCUT2D eigenvalue weighted by Crippen LogP contribution is -2.39. The molecule has 1 aliphatic rings. The summed E-state index contributed by atoms with van der Waals surface area (Å²) in [7, 11) is 1.28. The van der Waals surface area contributed by atoms with Crippen LogP contribution in [0.2, 0.25) is 0 Å². The van der Waals surface area contributed by atoms with E-state index in [1.807, 2.05) is 4.90 Å². The van der Waals surface area contributed by atoms with Gasteiger partial charge in [-0.05, 0) is 26.2 Å². The lowest BCUT2D eigenvalue weighted by Gasteiger charge is -2.26. The molecule has 1 aromatic heterocycles. The van der Waals surface area contributed by atoms with Gasteiger partial charge in [0.1, 0.15) is 5.82 Å². The molecule has 1 amide bonds. The Balaban J connectivity index is 1.97. The Kier molecular flexibility index (Phi) is 5.08. The van der Waals surface area contributed by atoms with Gasteiger partial charge in [-0.15, -0.1) is 0 Å². The van der Waals surface area contributed by atoms with Crippen LogP contribution in [0.3, 0.4) is 0 Å². The molecule has 2 rings (SSSR count). The van der Waals surface area contributed by atoms with Gasteiger partial charge in [-0.1, -0.05) is 0 Å². The molecule has 1 aromatic rings. The van der Waals surface area contributed by atoms with E-state index in [0.29, 0.717) is 11.5 Å². The molecule has 1 fully saturated rings. The van der Waals surface area contributed by atoms with Crippen molar-refractivity contribution in [3.05, 3.63) is 17.6 Å². The first kappa shape index (κ1) is 15.2. The molecule has 7 nitrogen and oxygen atoms in total. The Morgan fingerprint density at radius 3 is 2.67 bits per heavy atom. The monoisotopic (exact) mass is 292 g/mol. The third kappa shape index (κ3) is 4.14. The highest BCUT2D eigenvalue weighted by molar-refractivity contribution is 5.85. The minimum Gasteiger partial charge on any atom is -0.463 e. The van der Waals surface area contributed by atoms with Crippen molar-refractivity contribution < 1.29 is 14.3 Å². The zero-order valence-electron chi connectivity index (χ0n) is 12.4. The van der Waals surface area contributed by atoms with Crippen LogP contribution in [0.4, 0.5) is 5.82 Å². The van der Waals surface area contributed by atoms with Crippen molar-refractivity contribution in [3.63, 3.8) is 0 Å². The van der Waals surface area contributed by atoms with Gasteiger partial charge in [-0.2, -0.15) is 0 Å². The van der Waals surface area contributed by atoms with Crippen LogP contribution in [0.25, 0.3) is 0 Å². The van der Waals surface area contributed by atoms with Gasteiger partial charge in [-0.25, -0.2) is 14.8 Å². The molecule has 0 radical (unpaired) electrons. The number of esters is 1. The van der Waals surface area contributed by atoms with Gasteiger partial charge in [0.25, 0.3) is 0 Å². The predicted octanol–water partition coefficient (Wildman–Crippen LogP) is 0.996. The average Bonchev–Trinajstić information content (AvgIpc) is 2.52. The molecular weight excluding hydrogens is 272 g/mol. The molecule has 114 valence electrons. The molecule has 0 aromatic carbocycles. The Morgan fingerprint density at radius 2 is 2.00 bits per heavy atom. The molecule has 0 bridgehead atoms. The van der Waals surface area contributed by atoms with Crippen LogP contribution >= 0.6 is 0 Å². The summed E-state index contributed by atoms with van der Waals surface area (Å²) in [4.78, 5) is 33.4. The van der Waals surface area contributed by atoms with Crippen molar-refractivity contribution in [2.75, 3.05) is 32.1 Å². The highest BCUT2D eigenvalue weighted by atomic mass is 16.5. The largest absolute Gasteiger partial charge is 0.463 e. The summed E-state index contributed by atoms with van der Waals surface area (Å²) < 4.78 is 4.60. The van der Waals surface area contributed by atoms with E-state index in [9.17, 15) is 9.59 Å². The number of carbonyl (C=O) groups excluding carboxylic acids is 2. The lowest BCUT2D eigenvalue weighted by molar-refractivity contribution is -0.130. The summed E-state index contributed by atoms with van der Waals surface area (Å²) in [5, 5.41) is 2.95.